The van der Waals surface area contributed by atoms with Gasteiger partial charge in [0.05, 0.1) is 23.7 Å². The van der Waals surface area contributed by atoms with Gasteiger partial charge >= 0.3 is 11.7 Å². The van der Waals surface area contributed by atoms with Gasteiger partial charge < -0.3 is 5.11 Å². The number of benzene rings is 1. The summed E-state index contributed by atoms with van der Waals surface area (Å²) < 4.78 is 1.33. The molecule has 0 spiro atoms. The van der Waals surface area contributed by atoms with Crippen LogP contribution in [0.4, 0.5) is 0 Å². The number of carboxylic acids is 1. The highest BCUT2D eigenvalue weighted by molar-refractivity contribution is 5.71. The van der Waals surface area contributed by atoms with Crippen molar-refractivity contribution < 1.29 is 9.90 Å². The van der Waals surface area contributed by atoms with Crippen LogP contribution in [0.2, 0.25) is 0 Å². The summed E-state index contributed by atoms with van der Waals surface area (Å²) in [6, 6.07) is 8.54. The molecule has 0 atom stereocenters. The molecule has 6 heteroatoms. The number of aromatic nitrogens is 2. The van der Waals surface area contributed by atoms with Gasteiger partial charge in [-0.15, -0.1) is 0 Å². The molecule has 6 nitrogen and oxygen atoms in total. The van der Waals surface area contributed by atoms with Crippen LogP contribution in [0.5, 0.6) is 0 Å². The SMILES string of the molecule is Cc1nc(=O)n(-c2cccc(C#N)c2)c(C)c1CC(=O)O. The normalized spacial score (nSPS) is 10.1. The quantitative estimate of drug-likeness (QED) is 0.917. The number of aliphatic carboxylic acids is 1. The molecule has 0 unspecified atom stereocenters. The molecule has 0 aliphatic carbocycles. The van der Waals surface area contributed by atoms with Gasteiger partial charge in [0.2, 0.25) is 0 Å². The van der Waals surface area contributed by atoms with Crippen molar-refractivity contribution >= 4 is 5.97 Å². The van der Waals surface area contributed by atoms with Crippen molar-refractivity contribution in [1.82, 2.24) is 9.55 Å². The Morgan fingerprint density at radius 1 is 1.43 bits per heavy atom. The molecule has 0 bridgehead atoms. The number of hydrogen-bond donors (Lipinski definition) is 1. The van der Waals surface area contributed by atoms with Crippen molar-refractivity contribution in [1.29, 1.82) is 5.26 Å². The maximum atomic E-state index is 12.1. The molecule has 1 heterocycles. The first kappa shape index (κ1) is 14.5. The van der Waals surface area contributed by atoms with E-state index in [0.717, 1.165) is 0 Å². The van der Waals surface area contributed by atoms with Gasteiger partial charge in [0.15, 0.2) is 0 Å². The standard InChI is InChI=1S/C15H13N3O3/c1-9-13(7-14(19)20)10(2)18(15(21)17-9)12-5-3-4-11(6-12)8-16/h3-6H,7H2,1-2H3,(H,19,20). The van der Waals surface area contributed by atoms with E-state index >= 15 is 0 Å². The molecule has 1 N–H and O–H groups in total. The summed E-state index contributed by atoms with van der Waals surface area (Å²) in [6.45, 7) is 3.29. The van der Waals surface area contributed by atoms with E-state index < -0.39 is 11.7 Å². The molecular weight excluding hydrogens is 270 g/mol. The monoisotopic (exact) mass is 283 g/mol. The van der Waals surface area contributed by atoms with E-state index in [1.165, 1.54) is 4.57 Å². The minimum Gasteiger partial charge on any atom is -0.481 e. The molecule has 2 aromatic rings. The predicted octanol–water partition coefficient (Wildman–Crippen LogP) is 1.35. The minimum absolute atomic E-state index is 0.205. The zero-order valence-corrected chi connectivity index (χ0v) is 11.6. The summed E-state index contributed by atoms with van der Waals surface area (Å²) in [5, 5.41) is 17.9. The van der Waals surface area contributed by atoms with E-state index in [4.69, 9.17) is 10.4 Å². The average Bonchev–Trinajstić information content (AvgIpc) is 2.43. The van der Waals surface area contributed by atoms with Crippen molar-refractivity contribution in [3.63, 3.8) is 0 Å². The van der Waals surface area contributed by atoms with E-state index in [1.807, 2.05) is 6.07 Å². The average molecular weight is 283 g/mol. The Hall–Kier alpha value is -2.94. The van der Waals surface area contributed by atoms with Gasteiger partial charge in [0, 0.05) is 17.0 Å². The zero-order chi connectivity index (χ0) is 15.6. The second-order valence-electron chi connectivity index (χ2n) is 4.61. The number of aryl methyl sites for hydroxylation is 1. The molecule has 106 valence electrons. The van der Waals surface area contributed by atoms with Crippen molar-refractivity contribution in [2.75, 3.05) is 0 Å². The first-order valence-corrected chi connectivity index (χ1v) is 6.25. The number of carbonyl (C=O) groups is 1. The van der Waals surface area contributed by atoms with Crippen molar-refractivity contribution in [2.24, 2.45) is 0 Å². The smallest absolute Gasteiger partial charge is 0.352 e. The third kappa shape index (κ3) is 2.82. The molecule has 0 aliphatic heterocycles. The first-order chi connectivity index (χ1) is 9.93. The van der Waals surface area contributed by atoms with Crippen LogP contribution in [-0.4, -0.2) is 20.6 Å². The van der Waals surface area contributed by atoms with Crippen molar-refractivity contribution in [2.45, 2.75) is 20.3 Å². The molecule has 1 aromatic heterocycles. The summed E-state index contributed by atoms with van der Waals surface area (Å²) in [5.41, 5.74) is 1.85. The fourth-order valence-corrected chi connectivity index (χ4v) is 2.23. The highest BCUT2D eigenvalue weighted by atomic mass is 16.4. The van der Waals surface area contributed by atoms with Crippen LogP contribution >= 0.6 is 0 Å². The minimum atomic E-state index is -0.987. The number of carboxylic acid groups (broad SMARTS) is 1. The van der Waals surface area contributed by atoms with Crippen LogP contribution in [0.25, 0.3) is 5.69 Å². The van der Waals surface area contributed by atoms with Gasteiger partial charge in [-0.25, -0.2) is 4.79 Å². The molecule has 2 rings (SSSR count). The highest BCUT2D eigenvalue weighted by Gasteiger charge is 2.15. The Morgan fingerprint density at radius 3 is 2.76 bits per heavy atom. The summed E-state index contributed by atoms with van der Waals surface area (Å²) in [6.07, 6.45) is -0.205. The number of rotatable bonds is 3. The van der Waals surface area contributed by atoms with Gasteiger partial charge in [-0.05, 0) is 32.0 Å². The summed E-state index contributed by atoms with van der Waals surface area (Å²) in [7, 11) is 0. The first-order valence-electron chi connectivity index (χ1n) is 6.25. The van der Waals surface area contributed by atoms with Gasteiger partial charge in [-0.2, -0.15) is 10.2 Å². The van der Waals surface area contributed by atoms with E-state index in [2.05, 4.69) is 4.98 Å². The lowest BCUT2D eigenvalue weighted by Gasteiger charge is -2.14. The molecule has 0 aliphatic rings. The van der Waals surface area contributed by atoms with Gasteiger partial charge in [0.1, 0.15) is 0 Å². The van der Waals surface area contributed by atoms with Crippen molar-refractivity contribution in [3.05, 3.63) is 57.3 Å². The largest absolute Gasteiger partial charge is 0.481 e. The van der Waals surface area contributed by atoms with Crippen LogP contribution < -0.4 is 5.69 Å². The van der Waals surface area contributed by atoms with Crippen LogP contribution in [0.3, 0.4) is 0 Å². The van der Waals surface area contributed by atoms with Crippen molar-refractivity contribution in [3.8, 4) is 11.8 Å². The molecule has 1 aromatic carbocycles. The van der Waals surface area contributed by atoms with Crippen LogP contribution in [0, 0.1) is 25.2 Å². The topological polar surface area (TPSA) is 96.0 Å². The molecule has 0 saturated heterocycles. The van der Waals surface area contributed by atoms with Crippen LogP contribution in [0.15, 0.2) is 29.1 Å². The lowest BCUT2D eigenvalue weighted by atomic mass is 10.1. The molecule has 0 radical (unpaired) electrons. The van der Waals surface area contributed by atoms with Gasteiger partial charge in [-0.1, -0.05) is 6.07 Å². The van der Waals surface area contributed by atoms with Crippen LogP contribution in [-0.2, 0) is 11.2 Å². The lowest BCUT2D eigenvalue weighted by molar-refractivity contribution is -0.136. The zero-order valence-electron chi connectivity index (χ0n) is 11.6. The third-order valence-electron chi connectivity index (χ3n) is 3.22. The predicted molar refractivity (Wildman–Crippen MR) is 75.4 cm³/mol. The molecule has 0 saturated carbocycles. The second-order valence-corrected chi connectivity index (χ2v) is 4.61. The van der Waals surface area contributed by atoms with Gasteiger partial charge in [-0.3, -0.25) is 9.36 Å². The van der Waals surface area contributed by atoms with Crippen LogP contribution in [0.1, 0.15) is 22.5 Å². The van der Waals surface area contributed by atoms with Gasteiger partial charge in [0.25, 0.3) is 0 Å². The Bertz CT molecular complexity index is 816. The van der Waals surface area contributed by atoms with E-state index in [0.29, 0.717) is 28.2 Å². The Morgan fingerprint density at radius 2 is 2.14 bits per heavy atom. The summed E-state index contributed by atoms with van der Waals surface area (Å²) >= 11 is 0. The number of nitrogens with zero attached hydrogens (tertiary/aromatic N) is 3. The number of hydrogen-bond acceptors (Lipinski definition) is 4. The third-order valence-corrected chi connectivity index (χ3v) is 3.22. The van der Waals surface area contributed by atoms with E-state index in [9.17, 15) is 9.59 Å². The fourth-order valence-electron chi connectivity index (χ4n) is 2.23. The number of nitriles is 1. The Labute approximate surface area is 120 Å². The summed E-state index contributed by atoms with van der Waals surface area (Å²) in [4.78, 5) is 26.9. The molecule has 21 heavy (non-hydrogen) atoms. The second kappa shape index (κ2) is 5.59. The lowest BCUT2D eigenvalue weighted by Crippen LogP contribution is -2.27. The Balaban J connectivity index is 2.71. The molecule has 0 amide bonds. The molecular formula is C15H13N3O3. The van der Waals surface area contributed by atoms with E-state index in [1.54, 1.807) is 38.1 Å². The summed E-state index contributed by atoms with van der Waals surface area (Å²) in [5.74, 6) is -0.987. The van der Waals surface area contributed by atoms with E-state index in [-0.39, 0.29) is 6.42 Å². The maximum absolute atomic E-state index is 12.1. The maximum Gasteiger partial charge on any atom is 0.352 e. The Kier molecular flexibility index (Phi) is 3.85. The fraction of sp³-hybridized carbons (Fsp3) is 0.200. The molecule has 0 fully saturated rings. The highest BCUT2D eigenvalue weighted by Crippen LogP contribution is 2.16.